The quantitative estimate of drug-likeness (QED) is 0.468. The van der Waals surface area contributed by atoms with Crippen molar-refractivity contribution in [1.29, 1.82) is 0 Å². The van der Waals surface area contributed by atoms with E-state index < -0.39 is 0 Å². The van der Waals surface area contributed by atoms with Crippen LogP contribution >= 0.6 is 11.6 Å². The normalized spacial score (nSPS) is 11.4. The second kappa shape index (κ2) is 7.06. The Morgan fingerprint density at radius 2 is 2.10 bits per heavy atom. The fourth-order valence-electron chi connectivity index (χ4n) is 1.76. The SMILES string of the molecule is CCc1cccc(C(C)=NOCc2ccc(Cl)nc2)c1. The zero-order chi connectivity index (χ0) is 14.4. The van der Waals surface area contributed by atoms with E-state index in [-0.39, 0.29) is 0 Å². The highest BCUT2D eigenvalue weighted by molar-refractivity contribution is 6.29. The number of nitrogens with zero attached hydrogens (tertiary/aromatic N) is 2. The van der Waals surface area contributed by atoms with Gasteiger partial charge in [-0.2, -0.15) is 0 Å². The minimum atomic E-state index is 0.384. The molecule has 1 heterocycles. The molecule has 0 aliphatic heterocycles. The minimum Gasteiger partial charge on any atom is -0.391 e. The summed E-state index contributed by atoms with van der Waals surface area (Å²) in [6, 6.07) is 11.9. The van der Waals surface area contributed by atoms with Crippen molar-refractivity contribution in [1.82, 2.24) is 4.98 Å². The summed E-state index contributed by atoms with van der Waals surface area (Å²) in [5, 5.41) is 4.62. The van der Waals surface area contributed by atoms with Crippen LogP contribution in [0.5, 0.6) is 0 Å². The van der Waals surface area contributed by atoms with Crippen LogP contribution in [0.4, 0.5) is 0 Å². The van der Waals surface area contributed by atoms with Gasteiger partial charge in [-0.3, -0.25) is 0 Å². The van der Waals surface area contributed by atoms with Gasteiger partial charge in [0.05, 0.1) is 5.71 Å². The number of hydrogen-bond acceptors (Lipinski definition) is 3. The Labute approximate surface area is 124 Å². The van der Waals surface area contributed by atoms with Crippen molar-refractivity contribution in [2.75, 3.05) is 0 Å². The minimum absolute atomic E-state index is 0.384. The van der Waals surface area contributed by atoms with Gasteiger partial charge >= 0.3 is 0 Å². The average molecular weight is 289 g/mol. The molecule has 0 amide bonds. The first-order valence-corrected chi connectivity index (χ1v) is 6.93. The Bertz CT molecular complexity index is 594. The van der Waals surface area contributed by atoms with E-state index in [1.165, 1.54) is 5.56 Å². The summed E-state index contributed by atoms with van der Waals surface area (Å²) in [6.07, 6.45) is 2.70. The lowest BCUT2D eigenvalue weighted by atomic mass is 10.1. The van der Waals surface area contributed by atoms with E-state index in [9.17, 15) is 0 Å². The van der Waals surface area contributed by atoms with Crippen LogP contribution in [0.3, 0.4) is 0 Å². The van der Waals surface area contributed by atoms with Crippen molar-refractivity contribution >= 4 is 17.3 Å². The van der Waals surface area contributed by atoms with E-state index in [1.54, 1.807) is 12.3 Å². The number of pyridine rings is 1. The van der Waals surface area contributed by atoms with Gasteiger partial charge in [-0.1, -0.05) is 47.9 Å². The predicted molar refractivity (Wildman–Crippen MR) is 82.1 cm³/mol. The topological polar surface area (TPSA) is 34.5 Å². The fourth-order valence-corrected chi connectivity index (χ4v) is 1.88. The molecule has 3 nitrogen and oxygen atoms in total. The van der Waals surface area contributed by atoms with Gasteiger partial charge in [-0.05, 0) is 36.6 Å². The smallest absolute Gasteiger partial charge is 0.143 e. The third-order valence-electron chi connectivity index (χ3n) is 2.97. The highest BCUT2D eigenvalue weighted by Crippen LogP contribution is 2.09. The first kappa shape index (κ1) is 14.5. The van der Waals surface area contributed by atoms with Gasteiger partial charge in [0.2, 0.25) is 0 Å². The van der Waals surface area contributed by atoms with E-state index in [1.807, 2.05) is 25.1 Å². The Morgan fingerprint density at radius 1 is 1.25 bits per heavy atom. The van der Waals surface area contributed by atoms with Crippen molar-refractivity contribution in [2.45, 2.75) is 26.9 Å². The summed E-state index contributed by atoms with van der Waals surface area (Å²) < 4.78 is 0. The molecule has 0 atom stereocenters. The molecule has 1 aromatic carbocycles. The lowest BCUT2D eigenvalue weighted by Crippen LogP contribution is -1.98. The van der Waals surface area contributed by atoms with Crippen LogP contribution in [0.25, 0.3) is 0 Å². The van der Waals surface area contributed by atoms with E-state index in [0.717, 1.165) is 23.3 Å². The molecule has 0 radical (unpaired) electrons. The molecule has 104 valence electrons. The van der Waals surface area contributed by atoms with Crippen LogP contribution in [0.1, 0.15) is 30.5 Å². The Hall–Kier alpha value is -1.87. The number of hydrogen-bond donors (Lipinski definition) is 0. The second-order valence-corrected chi connectivity index (χ2v) is 4.88. The van der Waals surface area contributed by atoms with Gasteiger partial charge in [0.25, 0.3) is 0 Å². The fraction of sp³-hybridized carbons (Fsp3) is 0.250. The standard InChI is InChI=1S/C16H17ClN2O/c1-3-13-5-4-6-15(9-13)12(2)19-20-11-14-7-8-16(17)18-10-14/h4-10H,3,11H2,1-2H3. The summed E-state index contributed by atoms with van der Waals surface area (Å²) >= 11 is 5.73. The van der Waals surface area contributed by atoms with Crippen molar-refractivity contribution in [2.24, 2.45) is 5.16 Å². The molecule has 4 heteroatoms. The molecule has 0 N–H and O–H groups in total. The molecule has 0 fully saturated rings. The maximum Gasteiger partial charge on any atom is 0.143 e. The van der Waals surface area contributed by atoms with Crippen LogP contribution < -0.4 is 0 Å². The van der Waals surface area contributed by atoms with Crippen LogP contribution in [-0.4, -0.2) is 10.7 Å². The molecule has 20 heavy (non-hydrogen) atoms. The number of benzene rings is 1. The third kappa shape index (κ3) is 4.07. The molecular formula is C16H17ClN2O. The van der Waals surface area contributed by atoms with Crippen LogP contribution in [0.15, 0.2) is 47.8 Å². The average Bonchev–Trinajstić information content (AvgIpc) is 2.49. The molecule has 1 aromatic heterocycles. The number of aromatic nitrogens is 1. The molecule has 0 saturated carbocycles. The van der Waals surface area contributed by atoms with Crippen molar-refractivity contribution < 1.29 is 4.84 Å². The second-order valence-electron chi connectivity index (χ2n) is 4.49. The van der Waals surface area contributed by atoms with Crippen LogP contribution in [0.2, 0.25) is 5.15 Å². The molecule has 2 aromatic rings. The number of oxime groups is 1. The monoisotopic (exact) mass is 288 g/mol. The van der Waals surface area contributed by atoms with Gasteiger partial charge in [0, 0.05) is 11.8 Å². The van der Waals surface area contributed by atoms with E-state index in [2.05, 4.69) is 29.2 Å². The summed E-state index contributed by atoms with van der Waals surface area (Å²) in [6.45, 7) is 4.46. The number of aryl methyl sites for hydroxylation is 1. The highest BCUT2D eigenvalue weighted by Gasteiger charge is 2.00. The Balaban J connectivity index is 1.98. The van der Waals surface area contributed by atoms with Crippen LogP contribution in [0, 0.1) is 0 Å². The number of rotatable bonds is 5. The summed E-state index contributed by atoms with van der Waals surface area (Å²) in [7, 11) is 0. The lowest BCUT2D eigenvalue weighted by molar-refractivity contribution is 0.130. The molecule has 0 aliphatic carbocycles. The van der Waals surface area contributed by atoms with E-state index in [4.69, 9.17) is 16.4 Å². The Kier molecular flexibility index (Phi) is 5.13. The largest absolute Gasteiger partial charge is 0.391 e. The van der Waals surface area contributed by atoms with Gasteiger partial charge in [0.1, 0.15) is 11.8 Å². The van der Waals surface area contributed by atoms with Crippen molar-refractivity contribution in [3.8, 4) is 0 Å². The molecule has 0 spiro atoms. The van der Waals surface area contributed by atoms with Gasteiger partial charge in [0.15, 0.2) is 0 Å². The summed E-state index contributed by atoms with van der Waals surface area (Å²) in [5.41, 5.74) is 4.17. The predicted octanol–water partition coefficient (Wildman–Crippen LogP) is 4.24. The molecule has 0 aliphatic rings. The highest BCUT2D eigenvalue weighted by atomic mass is 35.5. The first-order valence-electron chi connectivity index (χ1n) is 6.55. The van der Waals surface area contributed by atoms with Crippen molar-refractivity contribution in [3.63, 3.8) is 0 Å². The third-order valence-corrected chi connectivity index (χ3v) is 3.20. The molecule has 0 bridgehead atoms. The maximum absolute atomic E-state index is 5.73. The van der Waals surface area contributed by atoms with Gasteiger partial charge in [-0.15, -0.1) is 0 Å². The summed E-state index contributed by atoms with van der Waals surface area (Å²) in [4.78, 5) is 9.35. The molecule has 2 rings (SSSR count). The van der Waals surface area contributed by atoms with Gasteiger partial charge in [-0.25, -0.2) is 4.98 Å². The van der Waals surface area contributed by atoms with Crippen LogP contribution in [-0.2, 0) is 17.9 Å². The molecular weight excluding hydrogens is 272 g/mol. The van der Waals surface area contributed by atoms with E-state index in [0.29, 0.717) is 11.8 Å². The number of halogens is 1. The van der Waals surface area contributed by atoms with Gasteiger partial charge < -0.3 is 4.84 Å². The van der Waals surface area contributed by atoms with Crippen molar-refractivity contribution in [3.05, 3.63) is 64.4 Å². The van der Waals surface area contributed by atoms with E-state index >= 15 is 0 Å². The Morgan fingerprint density at radius 3 is 2.80 bits per heavy atom. The molecule has 0 unspecified atom stereocenters. The first-order chi connectivity index (χ1) is 9.69. The maximum atomic E-state index is 5.73. The molecule has 0 saturated heterocycles. The lowest BCUT2D eigenvalue weighted by Gasteiger charge is -2.04. The summed E-state index contributed by atoms with van der Waals surface area (Å²) in [5.74, 6) is 0. The zero-order valence-electron chi connectivity index (χ0n) is 11.6. The zero-order valence-corrected chi connectivity index (χ0v) is 12.4.